The van der Waals surface area contributed by atoms with Gasteiger partial charge in [0.2, 0.25) is 17.6 Å². The molecule has 0 atom stereocenters. The zero-order valence-electron chi connectivity index (χ0n) is 17.8. The standard InChI is InChI=1S/C23H20F2N2O6/c1-30-17-11-13(12-18(31-2)20(17)32-23(24)25)10-16-22(29)33-21(26-16)14-5-7-15(8-6-14)27-9-3-4-19(27)28/h5-8,10-12,23H,3-4,9H2,1-2H3/b16-10+. The molecule has 2 aliphatic rings. The van der Waals surface area contributed by atoms with Gasteiger partial charge >= 0.3 is 12.6 Å². The minimum atomic E-state index is -3.07. The number of methoxy groups -OCH3 is 2. The molecule has 8 nitrogen and oxygen atoms in total. The van der Waals surface area contributed by atoms with Crippen molar-refractivity contribution in [3.63, 3.8) is 0 Å². The number of aliphatic imine (C=N–C) groups is 1. The zero-order chi connectivity index (χ0) is 23.5. The van der Waals surface area contributed by atoms with E-state index in [1.807, 2.05) is 0 Å². The number of rotatable bonds is 7. The summed E-state index contributed by atoms with van der Waals surface area (Å²) in [5, 5.41) is 0. The quantitative estimate of drug-likeness (QED) is 0.464. The first-order valence-electron chi connectivity index (χ1n) is 10.0. The van der Waals surface area contributed by atoms with Gasteiger partial charge in [0.15, 0.2) is 17.2 Å². The number of hydrogen-bond donors (Lipinski definition) is 0. The van der Waals surface area contributed by atoms with Crippen molar-refractivity contribution in [3.8, 4) is 17.2 Å². The highest BCUT2D eigenvalue weighted by Crippen LogP contribution is 2.40. The summed E-state index contributed by atoms with van der Waals surface area (Å²) >= 11 is 0. The molecule has 33 heavy (non-hydrogen) atoms. The van der Waals surface area contributed by atoms with Gasteiger partial charge in [-0.2, -0.15) is 8.78 Å². The molecule has 0 bridgehead atoms. The van der Waals surface area contributed by atoms with E-state index in [1.54, 1.807) is 29.2 Å². The van der Waals surface area contributed by atoms with Gasteiger partial charge in [-0.3, -0.25) is 4.79 Å². The van der Waals surface area contributed by atoms with Crippen LogP contribution in [0.25, 0.3) is 6.08 Å². The Kier molecular flexibility index (Phi) is 6.25. The third-order valence-electron chi connectivity index (χ3n) is 5.11. The number of ether oxygens (including phenoxy) is 4. The molecule has 0 spiro atoms. The van der Waals surface area contributed by atoms with Gasteiger partial charge in [0.05, 0.1) is 14.2 Å². The van der Waals surface area contributed by atoms with E-state index in [1.165, 1.54) is 32.4 Å². The highest BCUT2D eigenvalue weighted by atomic mass is 19.3. The first kappa shape index (κ1) is 22.3. The van der Waals surface area contributed by atoms with E-state index in [-0.39, 0.29) is 34.8 Å². The van der Waals surface area contributed by atoms with Crippen molar-refractivity contribution >= 4 is 29.5 Å². The number of benzene rings is 2. The number of anilines is 1. The Hall–Kier alpha value is -3.95. The number of cyclic esters (lactones) is 1. The average Bonchev–Trinajstić information content (AvgIpc) is 3.39. The molecule has 0 radical (unpaired) electrons. The average molecular weight is 458 g/mol. The van der Waals surface area contributed by atoms with Crippen molar-refractivity contribution < 1.29 is 37.3 Å². The lowest BCUT2D eigenvalue weighted by atomic mass is 10.1. The monoisotopic (exact) mass is 458 g/mol. The van der Waals surface area contributed by atoms with E-state index >= 15 is 0 Å². The lowest BCUT2D eigenvalue weighted by Gasteiger charge is -2.15. The van der Waals surface area contributed by atoms with Crippen LogP contribution in [0.15, 0.2) is 47.1 Å². The molecule has 0 N–H and O–H groups in total. The molecule has 1 amide bonds. The number of hydrogen-bond acceptors (Lipinski definition) is 7. The van der Waals surface area contributed by atoms with Crippen molar-refractivity contribution in [2.45, 2.75) is 19.5 Å². The summed E-state index contributed by atoms with van der Waals surface area (Å²) in [4.78, 5) is 30.2. The molecule has 2 aromatic rings. The summed E-state index contributed by atoms with van der Waals surface area (Å²) in [6.07, 6.45) is 2.78. The van der Waals surface area contributed by atoms with Gasteiger partial charge in [-0.25, -0.2) is 9.79 Å². The van der Waals surface area contributed by atoms with Gasteiger partial charge in [-0.1, -0.05) is 0 Å². The van der Waals surface area contributed by atoms with Crippen LogP contribution in [0.2, 0.25) is 0 Å². The predicted octanol–water partition coefficient (Wildman–Crippen LogP) is 3.78. The normalized spacial score (nSPS) is 16.9. The number of halogens is 2. The second-order valence-electron chi connectivity index (χ2n) is 7.16. The van der Waals surface area contributed by atoms with Gasteiger partial charge in [0, 0.05) is 24.2 Å². The Morgan fingerprint density at radius 2 is 1.76 bits per heavy atom. The molecule has 10 heteroatoms. The van der Waals surface area contributed by atoms with Gasteiger partial charge in [-0.15, -0.1) is 0 Å². The van der Waals surface area contributed by atoms with Crippen molar-refractivity contribution in [3.05, 3.63) is 53.2 Å². The third-order valence-corrected chi connectivity index (χ3v) is 5.11. The SMILES string of the molecule is COc1cc(/C=C2/N=C(c3ccc(N4CCCC4=O)cc3)OC2=O)cc(OC)c1OC(F)F. The van der Waals surface area contributed by atoms with Crippen LogP contribution >= 0.6 is 0 Å². The molecule has 2 aliphatic heterocycles. The van der Waals surface area contributed by atoms with E-state index in [4.69, 9.17) is 14.2 Å². The van der Waals surface area contributed by atoms with Crippen molar-refractivity contribution in [2.75, 3.05) is 25.7 Å². The smallest absolute Gasteiger partial charge is 0.387 e. The van der Waals surface area contributed by atoms with Crippen LogP contribution in [0.1, 0.15) is 24.0 Å². The predicted molar refractivity (Wildman–Crippen MR) is 115 cm³/mol. The summed E-state index contributed by atoms with van der Waals surface area (Å²) < 4.78 is 45.5. The van der Waals surface area contributed by atoms with Crippen LogP contribution in [-0.2, 0) is 14.3 Å². The van der Waals surface area contributed by atoms with Crippen LogP contribution < -0.4 is 19.1 Å². The fourth-order valence-corrected chi connectivity index (χ4v) is 3.58. The second kappa shape index (κ2) is 9.27. The van der Waals surface area contributed by atoms with Crippen molar-refractivity contribution in [1.82, 2.24) is 0 Å². The minimum absolute atomic E-state index is 0.00381. The van der Waals surface area contributed by atoms with E-state index in [0.717, 1.165) is 12.1 Å². The van der Waals surface area contributed by atoms with Gasteiger partial charge in [0.25, 0.3) is 0 Å². The van der Waals surface area contributed by atoms with Crippen LogP contribution in [0.5, 0.6) is 17.2 Å². The molecule has 1 saturated heterocycles. The fourth-order valence-electron chi connectivity index (χ4n) is 3.58. The van der Waals surface area contributed by atoms with Gasteiger partial charge in [0.1, 0.15) is 0 Å². The number of carbonyl (C=O) groups is 2. The lowest BCUT2D eigenvalue weighted by molar-refractivity contribution is -0.130. The summed E-state index contributed by atoms with van der Waals surface area (Å²) in [7, 11) is 2.59. The maximum absolute atomic E-state index is 12.7. The lowest BCUT2D eigenvalue weighted by Crippen LogP contribution is -2.23. The third kappa shape index (κ3) is 4.64. The Bertz CT molecular complexity index is 1120. The maximum Gasteiger partial charge on any atom is 0.387 e. The maximum atomic E-state index is 12.7. The minimum Gasteiger partial charge on any atom is -0.493 e. The van der Waals surface area contributed by atoms with E-state index in [2.05, 4.69) is 9.73 Å². The first-order chi connectivity index (χ1) is 15.9. The Labute approximate surface area is 188 Å². The van der Waals surface area contributed by atoms with Crippen LogP contribution in [0, 0.1) is 0 Å². The van der Waals surface area contributed by atoms with Crippen molar-refractivity contribution in [1.29, 1.82) is 0 Å². The van der Waals surface area contributed by atoms with E-state index in [0.29, 0.717) is 24.1 Å². The summed E-state index contributed by atoms with van der Waals surface area (Å²) in [5.74, 6) is -0.731. The summed E-state index contributed by atoms with van der Waals surface area (Å²) in [5.41, 5.74) is 1.76. The largest absolute Gasteiger partial charge is 0.493 e. The molecule has 172 valence electrons. The van der Waals surface area contributed by atoms with Crippen LogP contribution in [-0.4, -0.2) is 45.2 Å². The van der Waals surface area contributed by atoms with Gasteiger partial charge in [-0.05, 0) is 54.5 Å². The number of carbonyl (C=O) groups excluding carboxylic acids is 2. The van der Waals surface area contributed by atoms with E-state index in [9.17, 15) is 18.4 Å². The Morgan fingerprint density at radius 3 is 2.30 bits per heavy atom. The topological polar surface area (TPSA) is 86.7 Å². The molecule has 0 aromatic heterocycles. The molecule has 0 aliphatic carbocycles. The summed E-state index contributed by atoms with van der Waals surface area (Å²) in [6, 6.07) is 9.81. The molecule has 0 unspecified atom stereocenters. The molecule has 1 fully saturated rings. The van der Waals surface area contributed by atoms with Crippen LogP contribution in [0.4, 0.5) is 14.5 Å². The molecular weight excluding hydrogens is 438 g/mol. The number of amides is 1. The number of alkyl halides is 2. The molecule has 0 saturated carbocycles. The fraction of sp³-hybridized carbons (Fsp3) is 0.261. The van der Waals surface area contributed by atoms with Gasteiger partial charge < -0.3 is 23.8 Å². The Morgan fingerprint density at radius 1 is 1.09 bits per heavy atom. The molecule has 2 aromatic carbocycles. The zero-order valence-corrected chi connectivity index (χ0v) is 17.8. The number of nitrogens with zero attached hydrogens (tertiary/aromatic N) is 2. The van der Waals surface area contributed by atoms with Crippen LogP contribution in [0.3, 0.4) is 0 Å². The molecule has 2 heterocycles. The Balaban J connectivity index is 1.61. The highest BCUT2D eigenvalue weighted by molar-refractivity contribution is 6.13. The number of esters is 1. The second-order valence-corrected chi connectivity index (χ2v) is 7.16. The highest BCUT2D eigenvalue weighted by Gasteiger charge is 2.26. The summed E-state index contributed by atoms with van der Waals surface area (Å²) in [6.45, 7) is -2.39. The molecule has 4 rings (SSSR count). The van der Waals surface area contributed by atoms with Crippen molar-refractivity contribution in [2.24, 2.45) is 4.99 Å². The molecular formula is C23H20F2N2O6. The first-order valence-corrected chi connectivity index (χ1v) is 10.0. The van der Waals surface area contributed by atoms with E-state index < -0.39 is 12.6 Å².